The monoisotopic (exact) mass is 250 g/mol. The Morgan fingerprint density at radius 1 is 1.22 bits per heavy atom. The van der Waals surface area contributed by atoms with Crippen LogP contribution < -0.4 is 15.4 Å². The van der Waals surface area contributed by atoms with Crippen molar-refractivity contribution in [2.45, 2.75) is 13.3 Å². The molecule has 0 fully saturated rings. The Kier molecular flexibility index (Phi) is 5.87. The topological polar surface area (TPSA) is 67.4 Å². The van der Waals surface area contributed by atoms with E-state index in [1.807, 2.05) is 31.3 Å². The molecule has 5 nitrogen and oxygen atoms in total. The number of hydrogen-bond acceptors (Lipinski definition) is 4. The maximum atomic E-state index is 11.3. The fourth-order valence-electron chi connectivity index (χ4n) is 1.40. The Labute approximate surface area is 107 Å². The predicted molar refractivity (Wildman–Crippen MR) is 68.4 cm³/mol. The van der Waals surface area contributed by atoms with E-state index in [9.17, 15) is 9.59 Å². The van der Waals surface area contributed by atoms with E-state index < -0.39 is 0 Å². The highest BCUT2D eigenvalue weighted by molar-refractivity contribution is 5.94. The van der Waals surface area contributed by atoms with E-state index >= 15 is 0 Å². The number of rotatable bonds is 6. The molecule has 1 rings (SSSR count). The maximum Gasteiger partial charge on any atom is 0.230 e. The summed E-state index contributed by atoms with van der Waals surface area (Å²) in [5.41, 5.74) is 0.842. The van der Waals surface area contributed by atoms with E-state index in [1.165, 1.54) is 6.92 Å². The first-order valence-electron chi connectivity index (χ1n) is 5.78. The molecular weight excluding hydrogens is 232 g/mol. The van der Waals surface area contributed by atoms with Crippen LogP contribution in [0.4, 0.5) is 0 Å². The van der Waals surface area contributed by atoms with Crippen LogP contribution in [0.5, 0.6) is 5.75 Å². The van der Waals surface area contributed by atoms with Crippen LogP contribution in [0.3, 0.4) is 0 Å². The van der Waals surface area contributed by atoms with Crippen molar-refractivity contribution >= 4 is 11.8 Å². The summed E-state index contributed by atoms with van der Waals surface area (Å²) in [6.07, 6.45) is 0.191. The van der Waals surface area contributed by atoms with E-state index in [1.54, 1.807) is 0 Å². The molecule has 5 heteroatoms. The Morgan fingerprint density at radius 2 is 1.89 bits per heavy atom. The van der Waals surface area contributed by atoms with E-state index in [0.29, 0.717) is 6.61 Å². The second-order valence-electron chi connectivity index (χ2n) is 3.88. The van der Waals surface area contributed by atoms with Gasteiger partial charge in [-0.15, -0.1) is 0 Å². The largest absolute Gasteiger partial charge is 0.492 e. The molecule has 98 valence electrons. The van der Waals surface area contributed by atoms with Gasteiger partial charge in [0.2, 0.25) is 11.8 Å². The standard InChI is InChI=1S/C13H18N2O3/c1-10(16)15-13(17)9-11-3-5-12(6-4-11)18-8-7-14-2/h3-6,14H,7-9H2,1-2H3,(H,15,16,17). The quantitative estimate of drug-likeness (QED) is 0.721. The molecular formula is C13H18N2O3. The summed E-state index contributed by atoms with van der Waals surface area (Å²) >= 11 is 0. The first kappa shape index (κ1) is 14.2. The van der Waals surface area contributed by atoms with Crippen molar-refractivity contribution in [2.24, 2.45) is 0 Å². The molecule has 0 spiro atoms. The molecule has 0 aliphatic rings. The molecule has 0 unspecified atom stereocenters. The van der Waals surface area contributed by atoms with Gasteiger partial charge in [-0.05, 0) is 24.7 Å². The zero-order valence-electron chi connectivity index (χ0n) is 10.7. The number of likely N-dealkylation sites (N-methyl/N-ethyl adjacent to an activating group) is 1. The number of imide groups is 1. The smallest absolute Gasteiger partial charge is 0.230 e. The van der Waals surface area contributed by atoms with Crippen molar-refractivity contribution in [1.29, 1.82) is 0 Å². The molecule has 0 heterocycles. The van der Waals surface area contributed by atoms with Crippen molar-refractivity contribution in [3.05, 3.63) is 29.8 Å². The number of carbonyl (C=O) groups excluding carboxylic acids is 2. The van der Waals surface area contributed by atoms with E-state index in [2.05, 4.69) is 10.6 Å². The van der Waals surface area contributed by atoms with E-state index in [4.69, 9.17) is 4.74 Å². The molecule has 0 aliphatic carbocycles. The minimum absolute atomic E-state index is 0.191. The van der Waals surface area contributed by atoms with Gasteiger partial charge >= 0.3 is 0 Å². The fraction of sp³-hybridized carbons (Fsp3) is 0.385. The van der Waals surface area contributed by atoms with Crippen molar-refractivity contribution < 1.29 is 14.3 Å². The second kappa shape index (κ2) is 7.45. The lowest BCUT2D eigenvalue weighted by atomic mass is 10.1. The number of amides is 2. The van der Waals surface area contributed by atoms with E-state index in [0.717, 1.165) is 17.9 Å². The van der Waals surface area contributed by atoms with Gasteiger partial charge in [-0.3, -0.25) is 14.9 Å². The highest BCUT2D eigenvalue weighted by Gasteiger charge is 2.05. The third-order valence-corrected chi connectivity index (χ3v) is 2.22. The molecule has 0 saturated carbocycles. The third-order valence-electron chi connectivity index (χ3n) is 2.22. The second-order valence-corrected chi connectivity index (χ2v) is 3.88. The van der Waals surface area contributed by atoms with Crippen molar-refractivity contribution in [1.82, 2.24) is 10.6 Å². The van der Waals surface area contributed by atoms with Crippen molar-refractivity contribution in [2.75, 3.05) is 20.2 Å². The van der Waals surface area contributed by atoms with Crippen LogP contribution in [-0.2, 0) is 16.0 Å². The van der Waals surface area contributed by atoms with Crippen LogP contribution >= 0.6 is 0 Å². The number of carbonyl (C=O) groups is 2. The van der Waals surface area contributed by atoms with Crippen molar-refractivity contribution in [3.63, 3.8) is 0 Å². The first-order valence-corrected chi connectivity index (χ1v) is 5.78. The molecule has 0 saturated heterocycles. The summed E-state index contributed by atoms with van der Waals surface area (Å²) in [5, 5.41) is 5.21. The van der Waals surface area contributed by atoms with Crippen LogP contribution in [-0.4, -0.2) is 32.0 Å². The van der Waals surface area contributed by atoms with Crippen LogP contribution in [0.1, 0.15) is 12.5 Å². The molecule has 1 aromatic carbocycles. The van der Waals surface area contributed by atoms with Gasteiger partial charge in [0.25, 0.3) is 0 Å². The molecule has 0 radical (unpaired) electrons. The summed E-state index contributed by atoms with van der Waals surface area (Å²) in [6.45, 7) is 2.69. The molecule has 0 aromatic heterocycles. The first-order chi connectivity index (χ1) is 8.61. The Hall–Kier alpha value is -1.88. The zero-order valence-corrected chi connectivity index (χ0v) is 10.7. The summed E-state index contributed by atoms with van der Waals surface area (Å²) < 4.78 is 5.45. The van der Waals surface area contributed by atoms with Gasteiger partial charge in [-0.25, -0.2) is 0 Å². The van der Waals surface area contributed by atoms with Crippen LogP contribution in [0.15, 0.2) is 24.3 Å². The molecule has 0 bridgehead atoms. The molecule has 1 aromatic rings. The lowest BCUT2D eigenvalue weighted by Crippen LogP contribution is -2.29. The van der Waals surface area contributed by atoms with Gasteiger partial charge < -0.3 is 10.1 Å². The summed E-state index contributed by atoms with van der Waals surface area (Å²) in [6, 6.07) is 7.25. The van der Waals surface area contributed by atoms with Gasteiger partial charge in [0, 0.05) is 13.5 Å². The molecule has 0 aliphatic heterocycles. The average molecular weight is 250 g/mol. The minimum Gasteiger partial charge on any atom is -0.492 e. The summed E-state index contributed by atoms with van der Waals surface area (Å²) in [7, 11) is 1.86. The fourth-order valence-corrected chi connectivity index (χ4v) is 1.40. The number of benzene rings is 1. The van der Waals surface area contributed by atoms with Crippen LogP contribution in [0.25, 0.3) is 0 Å². The van der Waals surface area contributed by atoms with Gasteiger partial charge in [0.15, 0.2) is 0 Å². The zero-order chi connectivity index (χ0) is 13.4. The van der Waals surface area contributed by atoms with Crippen LogP contribution in [0, 0.1) is 0 Å². The number of hydrogen-bond donors (Lipinski definition) is 2. The lowest BCUT2D eigenvalue weighted by Gasteiger charge is -2.06. The van der Waals surface area contributed by atoms with Gasteiger partial charge in [0.1, 0.15) is 12.4 Å². The Bertz CT molecular complexity index is 401. The Balaban J connectivity index is 2.44. The van der Waals surface area contributed by atoms with Crippen molar-refractivity contribution in [3.8, 4) is 5.75 Å². The maximum absolute atomic E-state index is 11.3. The van der Waals surface area contributed by atoms with Crippen LogP contribution in [0.2, 0.25) is 0 Å². The normalized spacial score (nSPS) is 9.89. The van der Waals surface area contributed by atoms with Gasteiger partial charge in [-0.1, -0.05) is 12.1 Å². The lowest BCUT2D eigenvalue weighted by molar-refractivity contribution is -0.128. The summed E-state index contributed by atoms with van der Waals surface area (Å²) in [4.78, 5) is 22.0. The minimum atomic E-state index is -0.341. The van der Waals surface area contributed by atoms with Gasteiger partial charge in [-0.2, -0.15) is 0 Å². The highest BCUT2D eigenvalue weighted by Crippen LogP contribution is 2.12. The molecule has 2 amide bonds. The highest BCUT2D eigenvalue weighted by atomic mass is 16.5. The number of nitrogens with one attached hydrogen (secondary N) is 2. The van der Waals surface area contributed by atoms with E-state index in [-0.39, 0.29) is 18.2 Å². The SMILES string of the molecule is CNCCOc1ccc(CC(=O)NC(C)=O)cc1. The third kappa shape index (κ3) is 5.45. The molecule has 0 atom stereocenters. The average Bonchev–Trinajstić information content (AvgIpc) is 2.30. The predicted octanol–water partition coefficient (Wildman–Crippen LogP) is 0.490. The molecule has 2 N–H and O–H groups in total. The number of ether oxygens (including phenoxy) is 1. The molecule has 18 heavy (non-hydrogen) atoms. The van der Waals surface area contributed by atoms with Gasteiger partial charge in [0.05, 0.1) is 6.42 Å². The Morgan fingerprint density at radius 3 is 2.44 bits per heavy atom. The summed E-state index contributed by atoms with van der Waals surface area (Å²) in [5.74, 6) is 0.124.